The van der Waals surface area contributed by atoms with E-state index in [0.717, 1.165) is 0 Å². The largest absolute Gasteiger partial charge is 0.460 e. The number of allylic oxidation sites excluding steroid dienone is 2. The first-order valence-corrected chi connectivity index (χ1v) is 7.79. The highest BCUT2D eigenvalue weighted by molar-refractivity contribution is 5.45. The van der Waals surface area contributed by atoms with Crippen molar-refractivity contribution in [1.29, 1.82) is 0 Å². The Balaban J connectivity index is 4.71. The van der Waals surface area contributed by atoms with Crippen molar-refractivity contribution in [2.75, 3.05) is 0 Å². The second-order valence-electron chi connectivity index (χ2n) is 6.95. The van der Waals surface area contributed by atoms with Crippen molar-refractivity contribution in [2.24, 2.45) is 5.41 Å². The molecule has 220 valence electrons. The van der Waals surface area contributed by atoms with Gasteiger partial charge in [0.25, 0.3) is 5.41 Å². The highest BCUT2D eigenvalue weighted by atomic mass is 19.4. The average molecular weight is 612 g/mol. The summed E-state index contributed by atoms with van der Waals surface area (Å²) in [5.41, 5.74) is -16.0. The van der Waals surface area contributed by atoms with Crippen molar-refractivity contribution >= 4 is 0 Å². The Morgan fingerprint density at radius 2 is 0.676 bits per heavy atom. The van der Waals surface area contributed by atoms with Crippen LogP contribution >= 0.6 is 0 Å². The lowest BCUT2D eigenvalue weighted by atomic mass is 9.63. The van der Waals surface area contributed by atoms with Gasteiger partial charge in [0.2, 0.25) is 0 Å². The van der Waals surface area contributed by atoms with Crippen molar-refractivity contribution in [3.8, 4) is 0 Å². The minimum atomic E-state index is -9.72. The van der Waals surface area contributed by atoms with Gasteiger partial charge in [0.05, 0.1) is 5.57 Å². The summed E-state index contributed by atoms with van der Waals surface area (Å²) >= 11 is 0. The maximum absolute atomic E-state index is 14.2. The highest BCUT2D eigenvalue weighted by Crippen LogP contribution is 2.75. The molecule has 0 nitrogen and oxygen atoms in total. The van der Waals surface area contributed by atoms with Crippen LogP contribution in [0.3, 0.4) is 0 Å². The quantitative estimate of drug-likeness (QED) is 0.280. The van der Waals surface area contributed by atoms with E-state index in [0.29, 0.717) is 0 Å². The molecule has 0 N–H and O–H groups in total. The molecule has 0 heterocycles. The molecule has 0 amide bonds. The molecule has 0 radical (unpaired) electrons. The lowest BCUT2D eigenvalue weighted by Gasteiger charge is -2.52. The molecule has 0 spiro atoms. The number of hydrogen-bond acceptors (Lipinski definition) is 0. The Hall–Kier alpha value is -1.94. The Bertz CT molecular complexity index is 919. The zero-order valence-corrected chi connectivity index (χ0v) is 15.6. The fourth-order valence-electron chi connectivity index (χ4n) is 2.95. The maximum atomic E-state index is 14.2. The van der Waals surface area contributed by atoms with Gasteiger partial charge in [0.1, 0.15) is 0 Å². The van der Waals surface area contributed by atoms with Crippen molar-refractivity contribution in [3.63, 3.8) is 0 Å². The maximum Gasteiger partial charge on any atom is 0.460 e. The molecule has 0 aliphatic heterocycles. The lowest BCUT2D eigenvalue weighted by molar-refractivity contribution is -0.468. The number of alkyl halides is 23. The van der Waals surface area contributed by atoms with Gasteiger partial charge < -0.3 is 0 Å². The van der Waals surface area contributed by atoms with E-state index in [4.69, 9.17) is 0 Å². The standard InChI is InChI=1S/C13F24/c14-2-1(4(15,16)7(21,22)8(23,24)5(2,17)18)3(11(29,30)31,12(32,33)34)6(19,20)9(25,26)10(27,28)13(35,36)37. The monoisotopic (exact) mass is 612 g/mol. The second kappa shape index (κ2) is 7.58. The Labute approximate surface area is 183 Å². The van der Waals surface area contributed by atoms with Crippen LogP contribution in [0.15, 0.2) is 11.4 Å². The Kier molecular flexibility index (Phi) is 6.78. The molecule has 24 heteroatoms. The van der Waals surface area contributed by atoms with Crippen LogP contribution in [-0.2, 0) is 0 Å². The molecule has 0 unspecified atom stereocenters. The first-order chi connectivity index (χ1) is 15.5. The summed E-state index contributed by atoms with van der Waals surface area (Å²) in [7, 11) is 0. The molecular weight excluding hydrogens is 612 g/mol. The summed E-state index contributed by atoms with van der Waals surface area (Å²) < 4.78 is 319. The fourth-order valence-corrected chi connectivity index (χ4v) is 2.95. The number of halogens is 24. The van der Waals surface area contributed by atoms with Crippen LogP contribution in [0.5, 0.6) is 0 Å². The van der Waals surface area contributed by atoms with Crippen LogP contribution < -0.4 is 0 Å². The van der Waals surface area contributed by atoms with Crippen molar-refractivity contribution < 1.29 is 105 Å². The van der Waals surface area contributed by atoms with Crippen LogP contribution in [-0.4, -0.2) is 60.0 Å². The molecule has 0 aromatic heterocycles. The third-order valence-electron chi connectivity index (χ3n) is 4.83. The molecular formula is C13F24. The molecule has 0 saturated carbocycles. The molecule has 0 aromatic carbocycles. The summed E-state index contributed by atoms with van der Waals surface area (Å²) in [5, 5.41) is 0. The summed E-state index contributed by atoms with van der Waals surface area (Å²) in [6.07, 6.45) is -26.6. The summed E-state index contributed by atoms with van der Waals surface area (Å²) in [6, 6.07) is 0. The average Bonchev–Trinajstić information content (AvgIpc) is 2.59. The zero-order valence-electron chi connectivity index (χ0n) is 15.6. The van der Waals surface area contributed by atoms with Gasteiger partial charge >= 0.3 is 60.0 Å². The smallest absolute Gasteiger partial charge is 0.205 e. The van der Waals surface area contributed by atoms with Gasteiger partial charge in [-0.05, 0) is 0 Å². The zero-order chi connectivity index (χ0) is 30.7. The van der Waals surface area contributed by atoms with E-state index >= 15 is 0 Å². The predicted octanol–water partition coefficient (Wildman–Crippen LogP) is 8.34. The van der Waals surface area contributed by atoms with Gasteiger partial charge in [-0.1, -0.05) is 0 Å². The SMILES string of the molecule is FC1=C(C(C(F)(F)F)(C(F)(F)F)C(F)(F)C(F)(F)C(F)(F)C(F)(F)F)C(F)(F)C(F)(F)C(F)(F)C1(F)F. The molecule has 0 fully saturated rings. The molecule has 0 aromatic rings. The third kappa shape index (κ3) is 3.43. The Morgan fingerprint density at radius 1 is 0.378 bits per heavy atom. The van der Waals surface area contributed by atoms with Crippen LogP contribution in [0.4, 0.5) is 105 Å². The van der Waals surface area contributed by atoms with Crippen LogP contribution in [0.2, 0.25) is 0 Å². The molecule has 0 bridgehead atoms. The summed E-state index contributed by atoms with van der Waals surface area (Å²) in [5.74, 6) is -67.5. The topological polar surface area (TPSA) is 0 Å². The van der Waals surface area contributed by atoms with Gasteiger partial charge in [0.15, 0.2) is 5.83 Å². The van der Waals surface area contributed by atoms with Crippen LogP contribution in [0.1, 0.15) is 0 Å². The van der Waals surface area contributed by atoms with E-state index in [-0.39, 0.29) is 0 Å². The minimum absolute atomic E-state index is 5.96. The van der Waals surface area contributed by atoms with E-state index in [1.807, 2.05) is 0 Å². The van der Waals surface area contributed by atoms with Gasteiger partial charge in [-0.2, -0.15) is 101 Å². The molecule has 0 atom stereocenters. The van der Waals surface area contributed by atoms with Crippen LogP contribution in [0, 0.1) is 5.41 Å². The number of hydrogen-bond donors (Lipinski definition) is 0. The van der Waals surface area contributed by atoms with Gasteiger partial charge in [0, 0.05) is 0 Å². The molecule has 1 aliphatic carbocycles. The first-order valence-electron chi connectivity index (χ1n) is 7.79. The lowest BCUT2D eigenvalue weighted by Crippen LogP contribution is -2.78. The van der Waals surface area contributed by atoms with E-state index in [9.17, 15) is 105 Å². The summed E-state index contributed by atoms with van der Waals surface area (Å²) in [4.78, 5) is 0. The normalized spacial score (nSPS) is 23.4. The molecule has 0 saturated heterocycles. The number of rotatable bonds is 4. The molecule has 37 heavy (non-hydrogen) atoms. The van der Waals surface area contributed by atoms with Crippen molar-refractivity contribution in [3.05, 3.63) is 11.4 Å². The first kappa shape index (κ1) is 33.1. The highest BCUT2D eigenvalue weighted by Gasteiger charge is 3.00. The van der Waals surface area contributed by atoms with E-state index in [1.54, 1.807) is 0 Å². The van der Waals surface area contributed by atoms with Gasteiger partial charge in [-0.15, -0.1) is 0 Å². The third-order valence-corrected chi connectivity index (χ3v) is 4.83. The fraction of sp³-hybridized carbons (Fsp3) is 0.846. The molecule has 1 rings (SSSR count). The van der Waals surface area contributed by atoms with Crippen LogP contribution in [0.25, 0.3) is 0 Å². The predicted molar refractivity (Wildman–Crippen MR) is 63.4 cm³/mol. The minimum Gasteiger partial charge on any atom is -0.205 e. The van der Waals surface area contributed by atoms with Crippen molar-refractivity contribution in [2.45, 2.75) is 60.0 Å². The summed E-state index contributed by atoms with van der Waals surface area (Å²) in [6.45, 7) is 0. The van der Waals surface area contributed by atoms with E-state index in [2.05, 4.69) is 0 Å². The Morgan fingerprint density at radius 3 is 0.946 bits per heavy atom. The van der Waals surface area contributed by atoms with Gasteiger partial charge in [-0.25, -0.2) is 4.39 Å². The second-order valence-corrected chi connectivity index (χ2v) is 6.95. The molecule has 1 aliphatic rings. The van der Waals surface area contributed by atoms with E-state index in [1.165, 1.54) is 0 Å². The van der Waals surface area contributed by atoms with Gasteiger partial charge in [-0.3, -0.25) is 0 Å². The van der Waals surface area contributed by atoms with Crippen molar-refractivity contribution in [1.82, 2.24) is 0 Å². The van der Waals surface area contributed by atoms with E-state index < -0.39 is 76.8 Å².